The third kappa shape index (κ3) is 27.7. The van der Waals surface area contributed by atoms with Crippen molar-refractivity contribution in [3.05, 3.63) is 24.3 Å². The predicted octanol–water partition coefficient (Wildman–Crippen LogP) is 9.48. The van der Waals surface area contributed by atoms with Crippen LogP contribution < -0.4 is 5.32 Å². The average Bonchev–Trinajstić information content (AvgIpc) is 2.99. The zero-order valence-electron chi connectivity index (χ0n) is 27.9. The molecule has 0 saturated carbocycles. The summed E-state index contributed by atoms with van der Waals surface area (Å²) >= 11 is 0. The highest BCUT2D eigenvalue weighted by molar-refractivity contribution is 5.80. The van der Waals surface area contributed by atoms with Gasteiger partial charge in [0.2, 0.25) is 5.91 Å². The number of amides is 1. The van der Waals surface area contributed by atoms with Crippen LogP contribution in [0.5, 0.6) is 0 Å². The van der Waals surface area contributed by atoms with E-state index in [0.717, 1.165) is 38.5 Å². The van der Waals surface area contributed by atoms with Crippen LogP contribution in [-0.2, 0) is 4.79 Å². The van der Waals surface area contributed by atoms with Crippen molar-refractivity contribution in [3.63, 3.8) is 0 Å². The number of carbonyl (C=O) groups excluding carboxylic acids is 1. The van der Waals surface area contributed by atoms with Crippen molar-refractivity contribution in [2.75, 3.05) is 6.61 Å². The number of aliphatic hydroxyl groups excluding tert-OH is 3. The minimum absolute atomic E-state index is 0.374. The summed E-state index contributed by atoms with van der Waals surface area (Å²) in [6.45, 7) is 4.14. The van der Waals surface area contributed by atoms with Crippen LogP contribution in [0.3, 0.4) is 0 Å². The smallest absolute Gasteiger partial charge is 0.249 e. The monoisotopic (exact) mass is 594 g/mol. The van der Waals surface area contributed by atoms with Gasteiger partial charge in [0, 0.05) is 0 Å². The Hall–Kier alpha value is -1.17. The molecule has 3 unspecified atom stereocenters. The Bertz CT molecular complexity index is 621. The topological polar surface area (TPSA) is 89.8 Å². The second-order valence-electron chi connectivity index (χ2n) is 12.4. The van der Waals surface area contributed by atoms with Gasteiger partial charge < -0.3 is 20.6 Å². The Kier molecular flexibility index (Phi) is 31.8. The van der Waals surface area contributed by atoms with Crippen molar-refractivity contribution in [2.24, 2.45) is 0 Å². The largest absolute Gasteiger partial charge is 0.394 e. The lowest BCUT2D eigenvalue weighted by Gasteiger charge is -2.21. The average molecular weight is 594 g/mol. The van der Waals surface area contributed by atoms with Gasteiger partial charge >= 0.3 is 0 Å². The fourth-order valence-electron chi connectivity index (χ4n) is 5.38. The van der Waals surface area contributed by atoms with Crippen molar-refractivity contribution in [3.8, 4) is 0 Å². The van der Waals surface area contributed by atoms with Crippen LogP contribution in [0.2, 0.25) is 0 Å². The molecule has 3 atom stereocenters. The zero-order valence-corrected chi connectivity index (χ0v) is 27.9. The molecule has 0 rings (SSSR count). The molecule has 5 nitrogen and oxygen atoms in total. The molecule has 1 amide bonds. The van der Waals surface area contributed by atoms with Crippen molar-refractivity contribution in [1.29, 1.82) is 0 Å². The van der Waals surface area contributed by atoms with Gasteiger partial charge in [-0.3, -0.25) is 4.79 Å². The highest BCUT2D eigenvalue weighted by Gasteiger charge is 2.22. The Balaban J connectivity index is 3.79. The molecular formula is C37H71NO4. The van der Waals surface area contributed by atoms with Crippen LogP contribution in [0, 0.1) is 0 Å². The van der Waals surface area contributed by atoms with Crippen molar-refractivity contribution < 1.29 is 20.1 Å². The summed E-state index contributed by atoms with van der Waals surface area (Å²) in [5.74, 6) is -0.514. The van der Waals surface area contributed by atoms with E-state index in [0.29, 0.717) is 6.42 Å². The van der Waals surface area contributed by atoms with E-state index in [1.807, 2.05) is 6.08 Å². The van der Waals surface area contributed by atoms with Crippen LogP contribution in [0.15, 0.2) is 24.3 Å². The van der Waals surface area contributed by atoms with Crippen molar-refractivity contribution >= 4 is 5.91 Å². The van der Waals surface area contributed by atoms with Gasteiger partial charge in [-0.15, -0.1) is 0 Å². The van der Waals surface area contributed by atoms with Crippen molar-refractivity contribution in [1.82, 2.24) is 5.32 Å². The third-order valence-electron chi connectivity index (χ3n) is 8.29. The summed E-state index contributed by atoms with van der Waals surface area (Å²) in [7, 11) is 0. The fourth-order valence-corrected chi connectivity index (χ4v) is 5.38. The van der Waals surface area contributed by atoms with E-state index in [2.05, 4.69) is 31.3 Å². The molecule has 4 N–H and O–H groups in total. The van der Waals surface area contributed by atoms with E-state index in [9.17, 15) is 20.1 Å². The second-order valence-corrected chi connectivity index (χ2v) is 12.4. The quantitative estimate of drug-likeness (QED) is 0.0462. The first kappa shape index (κ1) is 40.8. The molecule has 5 heteroatoms. The van der Waals surface area contributed by atoms with Crippen LogP contribution in [0.4, 0.5) is 0 Å². The van der Waals surface area contributed by atoms with Crippen LogP contribution in [-0.4, -0.2) is 46.1 Å². The molecule has 0 aliphatic rings. The number of hydrogen-bond donors (Lipinski definition) is 4. The maximum atomic E-state index is 12.4. The van der Waals surface area contributed by atoms with Crippen LogP contribution in [0.1, 0.15) is 181 Å². The molecule has 0 aliphatic carbocycles. The SMILES string of the molecule is CCCCCCCCCC/C=C/CC/C=C/C(O)C(CO)NC(=O)C(O)CCCCCCCCCCCCCCCC. The van der Waals surface area contributed by atoms with E-state index in [4.69, 9.17) is 0 Å². The summed E-state index contributed by atoms with van der Waals surface area (Å²) in [4.78, 5) is 12.4. The third-order valence-corrected chi connectivity index (χ3v) is 8.29. The number of hydrogen-bond acceptors (Lipinski definition) is 4. The van der Waals surface area contributed by atoms with E-state index in [1.165, 1.54) is 122 Å². The number of aliphatic hydroxyl groups is 3. The molecule has 0 aromatic carbocycles. The summed E-state index contributed by atoms with van der Waals surface area (Å²) in [6.07, 6.45) is 37.6. The van der Waals surface area contributed by atoms with Gasteiger partial charge in [-0.05, 0) is 32.1 Å². The summed E-state index contributed by atoms with van der Waals surface area (Å²) in [5.41, 5.74) is 0. The molecular weight excluding hydrogens is 522 g/mol. The highest BCUT2D eigenvalue weighted by atomic mass is 16.3. The molecule has 0 aromatic heterocycles. The second kappa shape index (κ2) is 32.7. The molecule has 248 valence electrons. The standard InChI is InChI=1S/C37H71NO4/c1-3-5-7-9-11-13-15-17-19-21-23-25-27-29-31-35(40)34(33-39)38-37(42)36(41)32-30-28-26-24-22-20-18-16-14-12-10-8-6-4-2/h21,23,29,31,34-36,39-41H,3-20,22,24-28,30,32-33H2,1-2H3,(H,38,42)/b23-21+,31-29+. The Morgan fingerprint density at radius 2 is 0.976 bits per heavy atom. The number of nitrogens with one attached hydrogen (secondary N) is 1. The molecule has 42 heavy (non-hydrogen) atoms. The molecule has 0 fully saturated rings. The lowest BCUT2D eigenvalue weighted by Crippen LogP contribution is -2.48. The molecule has 0 aromatic rings. The van der Waals surface area contributed by atoms with Gasteiger partial charge in [0.05, 0.1) is 18.8 Å². The zero-order chi connectivity index (χ0) is 30.9. The molecule has 0 heterocycles. The predicted molar refractivity (Wildman–Crippen MR) is 181 cm³/mol. The Morgan fingerprint density at radius 1 is 0.571 bits per heavy atom. The van der Waals surface area contributed by atoms with Gasteiger partial charge in [0.15, 0.2) is 0 Å². The molecule has 0 saturated heterocycles. The Morgan fingerprint density at radius 3 is 1.45 bits per heavy atom. The summed E-state index contributed by atoms with van der Waals surface area (Å²) in [6, 6.07) is -0.808. The molecule has 0 spiro atoms. The van der Waals surface area contributed by atoms with Gasteiger partial charge in [-0.25, -0.2) is 0 Å². The van der Waals surface area contributed by atoms with E-state index in [-0.39, 0.29) is 6.61 Å². The first-order chi connectivity index (χ1) is 20.6. The Labute approximate surface area is 261 Å². The molecule has 0 radical (unpaired) electrons. The number of unbranched alkanes of at least 4 members (excludes halogenated alkanes) is 22. The van der Waals surface area contributed by atoms with Gasteiger partial charge in [0.1, 0.15) is 6.10 Å². The van der Waals surface area contributed by atoms with Gasteiger partial charge in [0.25, 0.3) is 0 Å². The highest BCUT2D eigenvalue weighted by Crippen LogP contribution is 2.14. The summed E-state index contributed by atoms with van der Waals surface area (Å²) < 4.78 is 0. The van der Waals surface area contributed by atoms with Crippen LogP contribution >= 0.6 is 0 Å². The maximum Gasteiger partial charge on any atom is 0.249 e. The first-order valence-electron chi connectivity index (χ1n) is 18.2. The van der Waals surface area contributed by atoms with Gasteiger partial charge in [-0.1, -0.05) is 173 Å². The lowest BCUT2D eigenvalue weighted by molar-refractivity contribution is -0.131. The van der Waals surface area contributed by atoms with E-state index in [1.54, 1.807) is 6.08 Å². The number of allylic oxidation sites excluding steroid dienone is 3. The van der Waals surface area contributed by atoms with Gasteiger partial charge in [-0.2, -0.15) is 0 Å². The van der Waals surface area contributed by atoms with E-state index < -0.39 is 24.2 Å². The van der Waals surface area contributed by atoms with Crippen LogP contribution in [0.25, 0.3) is 0 Å². The number of rotatable bonds is 32. The van der Waals surface area contributed by atoms with E-state index >= 15 is 0 Å². The number of carbonyl (C=O) groups is 1. The van der Waals surface area contributed by atoms with Crippen molar-refractivity contribution in [2.45, 2.75) is 199 Å². The first-order valence-corrected chi connectivity index (χ1v) is 18.2. The lowest BCUT2D eigenvalue weighted by atomic mass is 10.0. The normalized spacial score (nSPS) is 14.1. The minimum atomic E-state index is -1.10. The minimum Gasteiger partial charge on any atom is -0.394 e. The summed E-state index contributed by atoms with van der Waals surface area (Å²) in [5, 5.41) is 32.9. The molecule has 0 bridgehead atoms. The molecule has 0 aliphatic heterocycles. The maximum absolute atomic E-state index is 12.4. The fraction of sp³-hybridized carbons (Fsp3) is 0.865.